The van der Waals surface area contributed by atoms with Crippen LogP contribution in [0.1, 0.15) is 45.0 Å². The molecule has 5 heterocycles. The number of aromatic nitrogens is 4. The van der Waals surface area contributed by atoms with Gasteiger partial charge in [-0.3, -0.25) is 0 Å². The smallest absolute Gasteiger partial charge is 0.0743 e. The van der Waals surface area contributed by atoms with Crippen LogP contribution in [0, 0.1) is 20.8 Å². The molecule has 238 valence electrons. The van der Waals surface area contributed by atoms with Crippen molar-refractivity contribution in [1.29, 1.82) is 0 Å². The van der Waals surface area contributed by atoms with Crippen molar-refractivity contribution < 1.29 is 0 Å². The molecule has 0 atom stereocenters. The van der Waals surface area contributed by atoms with Crippen molar-refractivity contribution in [2.24, 2.45) is 0 Å². The van der Waals surface area contributed by atoms with Gasteiger partial charge in [-0.05, 0) is 98.2 Å². The summed E-state index contributed by atoms with van der Waals surface area (Å²) < 4.78 is 0. The van der Waals surface area contributed by atoms with Crippen molar-refractivity contribution in [3.05, 3.63) is 166 Å². The van der Waals surface area contributed by atoms with E-state index in [2.05, 4.69) is 164 Å². The van der Waals surface area contributed by atoms with Gasteiger partial charge in [0, 0.05) is 49.9 Å². The van der Waals surface area contributed by atoms with E-state index in [9.17, 15) is 0 Å². The molecule has 0 fully saturated rings. The summed E-state index contributed by atoms with van der Waals surface area (Å²) in [6.07, 6.45) is 14.6. The molecule has 3 aliphatic rings. The molecule has 0 radical (unpaired) electrons. The van der Waals surface area contributed by atoms with Crippen LogP contribution in [0.4, 0.5) is 0 Å². The fourth-order valence-electron chi connectivity index (χ4n) is 7.05. The van der Waals surface area contributed by atoms with Crippen molar-refractivity contribution in [1.82, 2.24) is 19.9 Å². The summed E-state index contributed by atoms with van der Waals surface area (Å²) >= 11 is 0. The molecule has 0 amide bonds. The minimum absolute atomic E-state index is 0.886. The van der Waals surface area contributed by atoms with E-state index in [0.717, 1.165) is 89.4 Å². The van der Waals surface area contributed by atoms with E-state index in [1.165, 1.54) is 16.7 Å². The Labute approximate surface area is 291 Å². The molecule has 4 nitrogen and oxygen atoms in total. The zero-order valence-corrected chi connectivity index (χ0v) is 28.2. The van der Waals surface area contributed by atoms with E-state index < -0.39 is 0 Å². The van der Waals surface area contributed by atoms with Crippen LogP contribution in [0.25, 0.3) is 85.3 Å². The second kappa shape index (κ2) is 11.9. The Hall–Kier alpha value is -6.48. The van der Waals surface area contributed by atoms with Gasteiger partial charge < -0.3 is 9.97 Å². The number of nitrogens with one attached hydrogen (secondary N) is 2. The summed E-state index contributed by atoms with van der Waals surface area (Å²) in [5.41, 5.74) is 23.1. The highest BCUT2D eigenvalue weighted by Gasteiger charge is 2.19. The van der Waals surface area contributed by atoms with Gasteiger partial charge in [-0.1, -0.05) is 95.6 Å². The summed E-state index contributed by atoms with van der Waals surface area (Å²) in [5, 5.41) is 0. The van der Waals surface area contributed by atoms with Gasteiger partial charge in [0.2, 0.25) is 0 Å². The average Bonchev–Trinajstić information content (AvgIpc) is 3.97. The van der Waals surface area contributed by atoms with Crippen molar-refractivity contribution >= 4 is 51.9 Å². The zero-order chi connectivity index (χ0) is 33.8. The van der Waals surface area contributed by atoms with Crippen LogP contribution in [-0.2, 0) is 0 Å². The van der Waals surface area contributed by atoms with Crippen molar-refractivity contribution in [2.75, 3.05) is 0 Å². The second-order valence-electron chi connectivity index (χ2n) is 13.2. The third-order valence-electron chi connectivity index (χ3n) is 9.64. The second-order valence-corrected chi connectivity index (χ2v) is 13.2. The predicted molar refractivity (Wildman–Crippen MR) is 210 cm³/mol. The first-order valence-corrected chi connectivity index (χ1v) is 17.0. The van der Waals surface area contributed by atoms with Crippen LogP contribution in [0.3, 0.4) is 0 Å². The SMILES string of the molecule is Cc1ccc(-c2c3nc(c(-c4ccc(C)cc4)c4ccc([nH]4)c(-c4ccc(C)cc4)c4nc(c(C5=C=CC=C5)c5ccc2[nH]5)C=C4)C=C3)cc1. The predicted octanol–water partition coefficient (Wildman–Crippen LogP) is 11.7. The van der Waals surface area contributed by atoms with E-state index in [-0.39, 0.29) is 0 Å². The number of H-pyrrole nitrogens is 2. The van der Waals surface area contributed by atoms with Gasteiger partial charge >= 0.3 is 0 Å². The summed E-state index contributed by atoms with van der Waals surface area (Å²) in [6, 6.07) is 34.7. The minimum Gasteiger partial charge on any atom is -0.354 e. The first-order chi connectivity index (χ1) is 24.5. The Kier molecular flexibility index (Phi) is 7.05. The largest absolute Gasteiger partial charge is 0.354 e. The highest BCUT2D eigenvalue weighted by atomic mass is 14.8. The molecule has 0 unspecified atom stereocenters. The number of rotatable bonds is 4. The number of hydrogen-bond donors (Lipinski definition) is 2. The van der Waals surface area contributed by atoms with Crippen molar-refractivity contribution in [3.63, 3.8) is 0 Å². The first-order valence-electron chi connectivity index (χ1n) is 17.0. The normalized spacial score (nSPS) is 13.0. The van der Waals surface area contributed by atoms with Gasteiger partial charge in [-0.15, -0.1) is 5.73 Å². The van der Waals surface area contributed by atoms with E-state index in [0.29, 0.717) is 0 Å². The molecule has 2 aliphatic heterocycles. The van der Waals surface area contributed by atoms with Crippen LogP contribution >= 0.6 is 0 Å². The molecule has 4 heteroatoms. The lowest BCUT2D eigenvalue weighted by Gasteiger charge is -2.07. The molecule has 6 aromatic rings. The number of fused-ring (bicyclic) bond motifs is 8. The Balaban J connectivity index is 1.47. The minimum atomic E-state index is 0.886. The van der Waals surface area contributed by atoms with Crippen molar-refractivity contribution in [3.8, 4) is 33.4 Å². The monoisotopic (exact) mass is 642 g/mol. The highest BCUT2D eigenvalue weighted by Crippen LogP contribution is 2.38. The lowest BCUT2D eigenvalue weighted by molar-refractivity contribution is 1.30. The van der Waals surface area contributed by atoms with Crippen molar-refractivity contribution in [2.45, 2.75) is 20.8 Å². The summed E-state index contributed by atoms with van der Waals surface area (Å²) in [4.78, 5) is 18.4. The number of benzene rings is 3. The van der Waals surface area contributed by atoms with E-state index in [1.807, 2.05) is 12.2 Å². The third-order valence-corrected chi connectivity index (χ3v) is 9.64. The van der Waals surface area contributed by atoms with E-state index in [1.54, 1.807) is 0 Å². The van der Waals surface area contributed by atoms with Gasteiger partial charge in [0.15, 0.2) is 0 Å². The maximum Gasteiger partial charge on any atom is 0.0743 e. The number of nitrogens with zero attached hydrogens (tertiary/aromatic N) is 2. The molecule has 9 rings (SSSR count). The average molecular weight is 643 g/mol. The molecular formula is C46H34N4. The van der Waals surface area contributed by atoms with Crippen LogP contribution in [0.2, 0.25) is 0 Å². The Morgan fingerprint density at radius 2 is 0.740 bits per heavy atom. The quantitative estimate of drug-likeness (QED) is 0.188. The Bertz CT molecular complexity index is 2620. The molecule has 3 aromatic carbocycles. The lowest BCUT2D eigenvalue weighted by Crippen LogP contribution is -1.90. The molecule has 8 bridgehead atoms. The number of aromatic amines is 2. The van der Waals surface area contributed by atoms with Gasteiger partial charge in [-0.25, -0.2) is 9.97 Å². The van der Waals surface area contributed by atoms with Gasteiger partial charge in [-0.2, -0.15) is 0 Å². The molecule has 0 saturated carbocycles. The molecule has 50 heavy (non-hydrogen) atoms. The first kappa shape index (κ1) is 29.6. The summed E-state index contributed by atoms with van der Waals surface area (Å²) in [5.74, 6) is 0. The molecule has 1 aliphatic carbocycles. The van der Waals surface area contributed by atoms with E-state index >= 15 is 0 Å². The summed E-state index contributed by atoms with van der Waals surface area (Å²) in [6.45, 7) is 6.36. The Morgan fingerprint density at radius 1 is 0.400 bits per heavy atom. The van der Waals surface area contributed by atoms with Crippen LogP contribution < -0.4 is 0 Å². The van der Waals surface area contributed by atoms with Crippen LogP contribution in [0.5, 0.6) is 0 Å². The van der Waals surface area contributed by atoms with Crippen LogP contribution in [-0.4, -0.2) is 19.9 Å². The zero-order valence-electron chi connectivity index (χ0n) is 28.2. The maximum atomic E-state index is 5.39. The molecule has 0 spiro atoms. The van der Waals surface area contributed by atoms with Crippen LogP contribution in [0.15, 0.2) is 121 Å². The Morgan fingerprint density at radius 3 is 1.08 bits per heavy atom. The third kappa shape index (κ3) is 5.20. The fraction of sp³-hybridized carbons (Fsp3) is 0.0652. The molecule has 0 saturated heterocycles. The van der Waals surface area contributed by atoms with Gasteiger partial charge in [0.05, 0.1) is 22.8 Å². The lowest BCUT2D eigenvalue weighted by atomic mass is 10.0. The maximum absolute atomic E-state index is 5.39. The topological polar surface area (TPSA) is 57.4 Å². The molecular weight excluding hydrogens is 609 g/mol. The molecule has 2 N–H and O–H groups in total. The number of allylic oxidation sites excluding steroid dienone is 3. The number of aryl methyl sites for hydroxylation is 3. The molecule has 3 aromatic heterocycles. The number of hydrogen-bond acceptors (Lipinski definition) is 2. The standard InChI is InChI=1S/C46H34N4/c1-28-8-14-32(15-9-28)44-37-22-20-35(47-37)43(31-6-4-5-7-31)36-21-23-38(48-36)45(33-16-10-29(2)11-17-33)40-25-27-42(50-40)46(41-26-24-39(44)49-41)34-18-12-30(3)13-19-34/h4-6,8-27,47,50H,1-3H3. The fourth-order valence-corrected chi connectivity index (χ4v) is 7.05. The highest BCUT2D eigenvalue weighted by molar-refractivity contribution is 5.99. The van der Waals surface area contributed by atoms with Gasteiger partial charge in [0.25, 0.3) is 0 Å². The summed E-state index contributed by atoms with van der Waals surface area (Å²) in [7, 11) is 0. The van der Waals surface area contributed by atoms with E-state index in [4.69, 9.17) is 9.97 Å². The van der Waals surface area contributed by atoms with Gasteiger partial charge in [0.1, 0.15) is 0 Å².